The molecule has 84 valence electrons. The van der Waals surface area contributed by atoms with Crippen molar-refractivity contribution in [1.29, 1.82) is 0 Å². The van der Waals surface area contributed by atoms with Crippen LogP contribution in [0.1, 0.15) is 11.1 Å². The van der Waals surface area contributed by atoms with Crippen molar-refractivity contribution in [2.75, 3.05) is 11.1 Å². The number of terminal acetylenes is 1. The molecule has 3 nitrogen and oxygen atoms in total. The minimum absolute atomic E-state index is 0.366. The predicted molar refractivity (Wildman–Crippen MR) is 71.0 cm³/mol. The third kappa shape index (κ3) is 2.37. The molecule has 0 aliphatic rings. The first kappa shape index (κ1) is 11.0. The molecular weight excluding hydrogens is 210 g/mol. The third-order valence-corrected chi connectivity index (χ3v) is 2.42. The van der Waals surface area contributed by atoms with E-state index in [2.05, 4.69) is 16.2 Å². The summed E-state index contributed by atoms with van der Waals surface area (Å²) in [7, 11) is 0. The van der Waals surface area contributed by atoms with Gasteiger partial charge in [-0.25, -0.2) is 4.98 Å². The first-order chi connectivity index (χ1) is 8.20. The van der Waals surface area contributed by atoms with Gasteiger partial charge in [-0.3, -0.25) is 0 Å². The van der Waals surface area contributed by atoms with E-state index in [1.54, 1.807) is 6.20 Å². The van der Waals surface area contributed by atoms with Crippen LogP contribution in [-0.4, -0.2) is 4.98 Å². The molecule has 1 aromatic heterocycles. The lowest BCUT2D eigenvalue weighted by Gasteiger charge is -2.10. The minimum Gasteiger partial charge on any atom is -0.383 e. The summed E-state index contributed by atoms with van der Waals surface area (Å²) in [6.45, 7) is 2.04. The Morgan fingerprint density at radius 3 is 2.88 bits per heavy atom. The van der Waals surface area contributed by atoms with Gasteiger partial charge >= 0.3 is 0 Å². The summed E-state index contributed by atoms with van der Waals surface area (Å²) in [5, 5.41) is 3.24. The second-order valence-corrected chi connectivity index (χ2v) is 3.76. The van der Waals surface area contributed by atoms with Crippen molar-refractivity contribution in [3.8, 4) is 12.3 Å². The Bertz CT molecular complexity index is 582. The molecule has 17 heavy (non-hydrogen) atoms. The van der Waals surface area contributed by atoms with Crippen LogP contribution in [0.5, 0.6) is 0 Å². The number of rotatable bonds is 2. The Morgan fingerprint density at radius 1 is 1.35 bits per heavy atom. The largest absolute Gasteiger partial charge is 0.383 e. The van der Waals surface area contributed by atoms with Gasteiger partial charge in [0, 0.05) is 11.9 Å². The molecule has 0 aliphatic heterocycles. The standard InChI is InChI=1S/C14H13N3/c1-3-12-13(7-8-16-14(12)15)17-11-6-4-5-10(2)9-11/h1,4-9H,2H3,(H3,15,16,17). The summed E-state index contributed by atoms with van der Waals surface area (Å²) in [6, 6.07) is 9.85. The van der Waals surface area contributed by atoms with Gasteiger partial charge in [0.25, 0.3) is 0 Å². The first-order valence-corrected chi connectivity index (χ1v) is 5.25. The van der Waals surface area contributed by atoms with Crippen LogP contribution in [0.3, 0.4) is 0 Å². The van der Waals surface area contributed by atoms with Crippen LogP contribution in [0.4, 0.5) is 17.2 Å². The number of pyridine rings is 1. The number of hydrogen-bond donors (Lipinski definition) is 2. The summed E-state index contributed by atoms with van der Waals surface area (Å²) in [6.07, 6.45) is 7.06. The average molecular weight is 223 g/mol. The number of aryl methyl sites for hydroxylation is 1. The SMILES string of the molecule is C#Cc1c(Nc2cccc(C)c2)ccnc1N. The van der Waals surface area contributed by atoms with E-state index < -0.39 is 0 Å². The molecular formula is C14H13N3. The Balaban J connectivity index is 2.37. The van der Waals surface area contributed by atoms with Crippen molar-refractivity contribution < 1.29 is 0 Å². The lowest BCUT2D eigenvalue weighted by Crippen LogP contribution is -2.00. The van der Waals surface area contributed by atoms with E-state index in [4.69, 9.17) is 12.2 Å². The molecule has 0 saturated carbocycles. The van der Waals surface area contributed by atoms with Crippen molar-refractivity contribution in [3.05, 3.63) is 47.7 Å². The predicted octanol–water partition coefficient (Wildman–Crippen LogP) is 2.70. The lowest BCUT2D eigenvalue weighted by molar-refractivity contribution is 1.32. The highest BCUT2D eigenvalue weighted by atomic mass is 14.9. The molecule has 3 heteroatoms. The van der Waals surface area contributed by atoms with Crippen LogP contribution in [0.2, 0.25) is 0 Å². The van der Waals surface area contributed by atoms with Gasteiger partial charge in [-0.1, -0.05) is 18.1 Å². The molecule has 2 aromatic rings. The van der Waals surface area contributed by atoms with E-state index >= 15 is 0 Å². The van der Waals surface area contributed by atoms with E-state index in [0.717, 1.165) is 11.4 Å². The monoisotopic (exact) mass is 223 g/mol. The van der Waals surface area contributed by atoms with Crippen molar-refractivity contribution in [2.24, 2.45) is 0 Å². The molecule has 2 rings (SSSR count). The van der Waals surface area contributed by atoms with Gasteiger partial charge < -0.3 is 11.1 Å². The van der Waals surface area contributed by atoms with Gasteiger partial charge in [0.2, 0.25) is 0 Å². The molecule has 0 atom stereocenters. The molecule has 0 spiro atoms. The quantitative estimate of drug-likeness (QED) is 0.770. The van der Waals surface area contributed by atoms with Gasteiger partial charge in [-0.2, -0.15) is 0 Å². The summed E-state index contributed by atoms with van der Waals surface area (Å²) in [4.78, 5) is 3.97. The maximum absolute atomic E-state index is 5.72. The van der Waals surface area contributed by atoms with Crippen LogP contribution in [0, 0.1) is 19.3 Å². The van der Waals surface area contributed by atoms with Crippen LogP contribution in [0.15, 0.2) is 36.5 Å². The highest BCUT2D eigenvalue weighted by Gasteiger charge is 2.04. The molecule has 1 heterocycles. The molecule has 0 radical (unpaired) electrons. The van der Waals surface area contributed by atoms with E-state index in [0.29, 0.717) is 11.4 Å². The Morgan fingerprint density at radius 2 is 2.18 bits per heavy atom. The van der Waals surface area contributed by atoms with Gasteiger partial charge in [0.05, 0.1) is 11.3 Å². The zero-order valence-corrected chi connectivity index (χ0v) is 9.57. The normalized spacial score (nSPS) is 9.65. The number of benzene rings is 1. The highest BCUT2D eigenvalue weighted by molar-refractivity contribution is 5.72. The Labute approximate surface area is 101 Å². The number of anilines is 3. The fourth-order valence-corrected chi connectivity index (χ4v) is 1.61. The maximum atomic E-state index is 5.72. The van der Waals surface area contributed by atoms with Crippen molar-refractivity contribution >= 4 is 17.2 Å². The van der Waals surface area contributed by atoms with E-state index in [-0.39, 0.29) is 0 Å². The minimum atomic E-state index is 0.366. The fraction of sp³-hybridized carbons (Fsp3) is 0.0714. The van der Waals surface area contributed by atoms with Crippen LogP contribution >= 0.6 is 0 Å². The van der Waals surface area contributed by atoms with Crippen LogP contribution in [-0.2, 0) is 0 Å². The summed E-state index contributed by atoms with van der Waals surface area (Å²) >= 11 is 0. The number of aromatic nitrogens is 1. The van der Waals surface area contributed by atoms with Gasteiger partial charge in [-0.05, 0) is 30.7 Å². The Hall–Kier alpha value is -2.47. The summed E-state index contributed by atoms with van der Waals surface area (Å²) < 4.78 is 0. The van der Waals surface area contributed by atoms with Crippen molar-refractivity contribution in [2.45, 2.75) is 6.92 Å². The topological polar surface area (TPSA) is 50.9 Å². The number of nitrogens with one attached hydrogen (secondary N) is 1. The lowest BCUT2D eigenvalue weighted by atomic mass is 10.2. The zero-order chi connectivity index (χ0) is 12.3. The summed E-state index contributed by atoms with van der Waals surface area (Å²) in [5.74, 6) is 2.91. The second-order valence-electron chi connectivity index (χ2n) is 3.76. The first-order valence-electron chi connectivity index (χ1n) is 5.25. The third-order valence-electron chi connectivity index (χ3n) is 2.42. The number of nitrogens with zero attached hydrogens (tertiary/aromatic N) is 1. The van der Waals surface area contributed by atoms with Crippen molar-refractivity contribution in [3.63, 3.8) is 0 Å². The van der Waals surface area contributed by atoms with Gasteiger partial charge in [-0.15, -0.1) is 6.42 Å². The van der Waals surface area contributed by atoms with Crippen LogP contribution in [0.25, 0.3) is 0 Å². The molecule has 0 amide bonds. The molecule has 0 fully saturated rings. The van der Waals surface area contributed by atoms with Gasteiger partial charge in [0.1, 0.15) is 5.82 Å². The molecule has 3 N–H and O–H groups in total. The van der Waals surface area contributed by atoms with E-state index in [1.807, 2.05) is 37.3 Å². The maximum Gasteiger partial charge on any atom is 0.141 e. The number of hydrogen-bond acceptors (Lipinski definition) is 3. The van der Waals surface area contributed by atoms with E-state index in [9.17, 15) is 0 Å². The smallest absolute Gasteiger partial charge is 0.141 e. The second kappa shape index (κ2) is 4.58. The zero-order valence-electron chi connectivity index (χ0n) is 9.57. The van der Waals surface area contributed by atoms with Gasteiger partial charge in [0.15, 0.2) is 0 Å². The molecule has 0 aliphatic carbocycles. The molecule has 1 aromatic carbocycles. The fourth-order valence-electron chi connectivity index (χ4n) is 1.61. The Kier molecular flexibility index (Phi) is 2.97. The average Bonchev–Trinajstić information content (AvgIpc) is 2.29. The van der Waals surface area contributed by atoms with Crippen molar-refractivity contribution in [1.82, 2.24) is 4.98 Å². The number of nitrogens with two attached hydrogens (primary N) is 1. The molecule has 0 bridgehead atoms. The highest BCUT2D eigenvalue weighted by Crippen LogP contribution is 2.23. The number of nitrogen functional groups attached to an aromatic ring is 1. The molecule has 0 unspecified atom stereocenters. The molecule has 0 saturated heterocycles. The summed E-state index contributed by atoms with van der Waals surface area (Å²) in [5.41, 5.74) is 9.27. The van der Waals surface area contributed by atoms with E-state index in [1.165, 1.54) is 5.56 Å². The van der Waals surface area contributed by atoms with Crippen LogP contribution < -0.4 is 11.1 Å².